The molecule has 2 unspecified atom stereocenters. The highest BCUT2D eigenvalue weighted by atomic mass is 15.2. The fourth-order valence-electron chi connectivity index (χ4n) is 4.20. The lowest BCUT2D eigenvalue weighted by Gasteiger charge is -2.52. The molecule has 0 aromatic rings. The van der Waals surface area contributed by atoms with Crippen molar-refractivity contribution in [2.24, 2.45) is 11.7 Å². The van der Waals surface area contributed by atoms with Crippen molar-refractivity contribution in [2.45, 2.75) is 76.3 Å². The molecule has 0 radical (unpaired) electrons. The Kier molecular flexibility index (Phi) is 4.48. The average Bonchev–Trinajstić information content (AvgIpc) is 2.40. The number of likely N-dealkylation sites (N-methyl/N-ethyl adjacent to an activating group) is 1. The molecule has 2 saturated carbocycles. The zero-order valence-electron chi connectivity index (χ0n) is 11.8. The van der Waals surface area contributed by atoms with Crippen LogP contribution in [0.2, 0.25) is 0 Å². The topological polar surface area (TPSA) is 29.3 Å². The monoisotopic (exact) mass is 238 g/mol. The van der Waals surface area contributed by atoms with Gasteiger partial charge >= 0.3 is 0 Å². The molecule has 2 nitrogen and oxygen atoms in total. The van der Waals surface area contributed by atoms with Gasteiger partial charge in [0.25, 0.3) is 0 Å². The van der Waals surface area contributed by atoms with Gasteiger partial charge in [-0.25, -0.2) is 0 Å². The summed E-state index contributed by atoms with van der Waals surface area (Å²) in [6.07, 6.45) is 12.5. The second kappa shape index (κ2) is 5.71. The van der Waals surface area contributed by atoms with Crippen molar-refractivity contribution >= 4 is 0 Å². The van der Waals surface area contributed by atoms with E-state index in [1.807, 2.05) is 0 Å². The molecule has 100 valence electrons. The van der Waals surface area contributed by atoms with Crippen LogP contribution in [0, 0.1) is 5.92 Å². The van der Waals surface area contributed by atoms with Crippen LogP contribution in [0.3, 0.4) is 0 Å². The Bertz CT molecular complexity index is 235. The minimum absolute atomic E-state index is 0.306. The van der Waals surface area contributed by atoms with Gasteiger partial charge in [0.1, 0.15) is 0 Å². The van der Waals surface area contributed by atoms with Gasteiger partial charge < -0.3 is 5.73 Å². The molecule has 2 heteroatoms. The molecule has 17 heavy (non-hydrogen) atoms. The average molecular weight is 238 g/mol. The third kappa shape index (κ3) is 2.53. The largest absolute Gasteiger partial charge is 0.329 e. The SMILES string of the molecule is CC1CCCCC1(CN)N(C)C1CCCCC1. The van der Waals surface area contributed by atoms with E-state index >= 15 is 0 Å². The summed E-state index contributed by atoms with van der Waals surface area (Å²) >= 11 is 0. The molecule has 2 fully saturated rings. The van der Waals surface area contributed by atoms with Gasteiger partial charge in [-0.15, -0.1) is 0 Å². The van der Waals surface area contributed by atoms with E-state index in [9.17, 15) is 0 Å². The quantitative estimate of drug-likeness (QED) is 0.818. The van der Waals surface area contributed by atoms with Crippen molar-refractivity contribution in [1.29, 1.82) is 0 Å². The Labute approximate surface area is 107 Å². The highest BCUT2D eigenvalue weighted by molar-refractivity contribution is 4.99. The highest BCUT2D eigenvalue weighted by Gasteiger charge is 2.42. The number of nitrogens with zero attached hydrogens (tertiary/aromatic N) is 1. The molecule has 0 heterocycles. The Morgan fingerprint density at radius 3 is 2.29 bits per heavy atom. The molecule has 0 bridgehead atoms. The summed E-state index contributed by atoms with van der Waals surface area (Å²) in [6, 6.07) is 0.799. The Balaban J connectivity index is 2.09. The van der Waals surface area contributed by atoms with Gasteiger partial charge in [-0.05, 0) is 38.6 Å². The summed E-state index contributed by atoms with van der Waals surface area (Å²) in [6.45, 7) is 3.27. The molecule has 0 aromatic heterocycles. The van der Waals surface area contributed by atoms with Crippen molar-refractivity contribution in [3.63, 3.8) is 0 Å². The van der Waals surface area contributed by atoms with Gasteiger partial charge in [-0.1, -0.05) is 39.0 Å². The summed E-state index contributed by atoms with van der Waals surface area (Å²) in [7, 11) is 2.35. The molecular formula is C15H30N2. The summed E-state index contributed by atoms with van der Waals surface area (Å²) in [5.74, 6) is 0.771. The van der Waals surface area contributed by atoms with Crippen LogP contribution in [0.15, 0.2) is 0 Å². The molecule has 2 atom stereocenters. The first-order chi connectivity index (χ1) is 8.20. The minimum atomic E-state index is 0.306. The molecule has 2 rings (SSSR count). The fourth-order valence-corrected chi connectivity index (χ4v) is 4.20. The van der Waals surface area contributed by atoms with E-state index in [4.69, 9.17) is 5.73 Å². The maximum absolute atomic E-state index is 6.19. The van der Waals surface area contributed by atoms with E-state index in [1.54, 1.807) is 0 Å². The minimum Gasteiger partial charge on any atom is -0.329 e. The van der Waals surface area contributed by atoms with E-state index in [-0.39, 0.29) is 0 Å². The van der Waals surface area contributed by atoms with Gasteiger partial charge in [0.05, 0.1) is 0 Å². The van der Waals surface area contributed by atoms with Crippen LogP contribution in [-0.2, 0) is 0 Å². The van der Waals surface area contributed by atoms with Crippen LogP contribution >= 0.6 is 0 Å². The molecule has 0 amide bonds. The van der Waals surface area contributed by atoms with Crippen molar-refractivity contribution in [3.05, 3.63) is 0 Å². The van der Waals surface area contributed by atoms with Crippen molar-refractivity contribution < 1.29 is 0 Å². The molecule has 0 saturated heterocycles. The summed E-state index contributed by atoms with van der Waals surface area (Å²) in [5.41, 5.74) is 6.50. The first-order valence-corrected chi connectivity index (χ1v) is 7.64. The van der Waals surface area contributed by atoms with E-state index in [2.05, 4.69) is 18.9 Å². The highest BCUT2D eigenvalue weighted by Crippen LogP contribution is 2.40. The van der Waals surface area contributed by atoms with Gasteiger partial charge in [0, 0.05) is 18.1 Å². The Hall–Kier alpha value is -0.0800. The van der Waals surface area contributed by atoms with Gasteiger partial charge in [-0.3, -0.25) is 4.90 Å². The maximum Gasteiger partial charge on any atom is 0.0357 e. The summed E-state index contributed by atoms with van der Waals surface area (Å²) in [5, 5.41) is 0. The van der Waals surface area contributed by atoms with Crippen LogP contribution in [0.5, 0.6) is 0 Å². The molecule has 0 aromatic carbocycles. The molecule has 2 aliphatic carbocycles. The predicted octanol–water partition coefficient (Wildman–Crippen LogP) is 3.16. The number of hydrogen-bond donors (Lipinski definition) is 1. The van der Waals surface area contributed by atoms with Gasteiger partial charge in [0.2, 0.25) is 0 Å². The van der Waals surface area contributed by atoms with Crippen molar-refractivity contribution in [2.75, 3.05) is 13.6 Å². The van der Waals surface area contributed by atoms with Gasteiger partial charge in [0.15, 0.2) is 0 Å². The summed E-state index contributed by atoms with van der Waals surface area (Å²) in [4.78, 5) is 2.69. The molecular weight excluding hydrogens is 208 g/mol. The first-order valence-electron chi connectivity index (χ1n) is 7.64. The van der Waals surface area contributed by atoms with E-state index in [1.165, 1.54) is 57.8 Å². The third-order valence-corrected chi connectivity index (χ3v) is 5.59. The van der Waals surface area contributed by atoms with Gasteiger partial charge in [-0.2, -0.15) is 0 Å². The zero-order valence-corrected chi connectivity index (χ0v) is 11.8. The maximum atomic E-state index is 6.19. The second-order valence-electron chi connectivity index (χ2n) is 6.36. The lowest BCUT2D eigenvalue weighted by Crippen LogP contribution is -2.61. The normalized spacial score (nSPS) is 36.4. The summed E-state index contributed by atoms with van der Waals surface area (Å²) < 4.78 is 0. The number of hydrogen-bond acceptors (Lipinski definition) is 2. The smallest absolute Gasteiger partial charge is 0.0357 e. The zero-order chi connectivity index (χ0) is 12.3. The van der Waals surface area contributed by atoms with Crippen LogP contribution in [0.4, 0.5) is 0 Å². The number of rotatable bonds is 3. The van der Waals surface area contributed by atoms with E-state index in [0.29, 0.717) is 5.54 Å². The molecule has 0 aliphatic heterocycles. The van der Waals surface area contributed by atoms with Crippen LogP contribution in [-0.4, -0.2) is 30.1 Å². The lowest BCUT2D eigenvalue weighted by molar-refractivity contribution is -0.00840. The van der Waals surface area contributed by atoms with E-state index in [0.717, 1.165) is 18.5 Å². The molecule has 2 aliphatic rings. The van der Waals surface area contributed by atoms with Crippen LogP contribution < -0.4 is 5.73 Å². The standard InChI is InChI=1S/C15H30N2/c1-13-8-6-7-11-15(13,12-16)17(2)14-9-4-3-5-10-14/h13-14H,3-12,16H2,1-2H3. The molecule has 2 N–H and O–H groups in total. The van der Waals surface area contributed by atoms with Crippen LogP contribution in [0.1, 0.15) is 64.7 Å². The fraction of sp³-hybridized carbons (Fsp3) is 1.00. The van der Waals surface area contributed by atoms with Crippen molar-refractivity contribution in [3.8, 4) is 0 Å². The Morgan fingerprint density at radius 2 is 1.71 bits per heavy atom. The second-order valence-corrected chi connectivity index (χ2v) is 6.36. The predicted molar refractivity (Wildman–Crippen MR) is 74.1 cm³/mol. The van der Waals surface area contributed by atoms with E-state index < -0.39 is 0 Å². The third-order valence-electron chi connectivity index (χ3n) is 5.59. The van der Waals surface area contributed by atoms with Crippen molar-refractivity contribution in [1.82, 2.24) is 4.90 Å². The first kappa shape index (κ1) is 13.4. The van der Waals surface area contributed by atoms with Crippen LogP contribution in [0.25, 0.3) is 0 Å². The molecule has 0 spiro atoms. The number of nitrogens with two attached hydrogens (primary N) is 1. The Morgan fingerprint density at radius 1 is 1.06 bits per heavy atom. The lowest BCUT2D eigenvalue weighted by atomic mass is 9.71.